The van der Waals surface area contributed by atoms with Crippen molar-refractivity contribution in [2.45, 2.75) is 19.4 Å². The van der Waals surface area contributed by atoms with Gasteiger partial charge in [-0.05, 0) is 30.2 Å². The van der Waals surface area contributed by atoms with Crippen molar-refractivity contribution in [3.05, 3.63) is 65.7 Å². The van der Waals surface area contributed by atoms with Crippen LogP contribution in [0.25, 0.3) is 0 Å². The Morgan fingerprint density at radius 1 is 1.15 bits per heavy atom. The summed E-state index contributed by atoms with van der Waals surface area (Å²) >= 11 is 0. The van der Waals surface area contributed by atoms with Crippen molar-refractivity contribution in [3.8, 4) is 5.75 Å². The van der Waals surface area contributed by atoms with Crippen LogP contribution in [0.2, 0.25) is 0 Å². The summed E-state index contributed by atoms with van der Waals surface area (Å²) in [5.41, 5.74) is 2.05. The van der Waals surface area contributed by atoms with E-state index in [2.05, 4.69) is 5.32 Å². The maximum atomic E-state index is 12.0. The van der Waals surface area contributed by atoms with E-state index in [1.165, 1.54) is 0 Å². The number of hydrogen-bond donors (Lipinski definition) is 1. The van der Waals surface area contributed by atoms with Crippen molar-refractivity contribution in [1.82, 2.24) is 5.32 Å². The monoisotopic (exact) mass is 269 g/mol. The van der Waals surface area contributed by atoms with Gasteiger partial charge in [0.15, 0.2) is 0 Å². The number of rotatable bonds is 5. The maximum absolute atomic E-state index is 12.0. The minimum absolute atomic E-state index is 0.0199. The molecule has 1 atom stereocenters. The summed E-state index contributed by atoms with van der Waals surface area (Å²) in [6.45, 7) is 1.97. The van der Waals surface area contributed by atoms with Crippen molar-refractivity contribution in [3.63, 3.8) is 0 Å². The van der Waals surface area contributed by atoms with Gasteiger partial charge in [0.1, 0.15) is 5.75 Å². The summed E-state index contributed by atoms with van der Waals surface area (Å²) < 4.78 is 5.19. The molecule has 0 bridgehead atoms. The van der Waals surface area contributed by atoms with Crippen LogP contribution in [-0.2, 0) is 11.2 Å². The normalized spacial score (nSPS) is 11.7. The Morgan fingerprint density at radius 2 is 1.90 bits per heavy atom. The van der Waals surface area contributed by atoms with Crippen molar-refractivity contribution in [2.75, 3.05) is 7.11 Å². The Balaban J connectivity index is 1.96. The molecule has 20 heavy (non-hydrogen) atoms. The third-order valence-electron chi connectivity index (χ3n) is 3.18. The fourth-order valence-electron chi connectivity index (χ4n) is 2.07. The third kappa shape index (κ3) is 3.85. The molecule has 2 aromatic rings. The SMILES string of the molecule is COc1cccc(C(C)NC(=O)Cc2ccccc2)c1. The molecule has 0 fully saturated rings. The van der Waals surface area contributed by atoms with Gasteiger partial charge < -0.3 is 10.1 Å². The van der Waals surface area contributed by atoms with Gasteiger partial charge >= 0.3 is 0 Å². The molecule has 0 aromatic heterocycles. The molecule has 1 unspecified atom stereocenters. The molecule has 104 valence electrons. The highest BCUT2D eigenvalue weighted by Crippen LogP contribution is 2.18. The van der Waals surface area contributed by atoms with E-state index in [1.807, 2.05) is 61.5 Å². The van der Waals surface area contributed by atoms with E-state index in [0.717, 1.165) is 16.9 Å². The molecule has 0 spiro atoms. The fraction of sp³-hybridized carbons (Fsp3) is 0.235. The largest absolute Gasteiger partial charge is 0.497 e. The van der Waals surface area contributed by atoms with Gasteiger partial charge in [-0.3, -0.25) is 4.79 Å². The molecule has 2 rings (SSSR count). The quantitative estimate of drug-likeness (QED) is 0.905. The smallest absolute Gasteiger partial charge is 0.224 e. The molecule has 0 aliphatic rings. The Kier molecular flexibility index (Phi) is 4.77. The van der Waals surface area contributed by atoms with Crippen LogP contribution in [-0.4, -0.2) is 13.0 Å². The highest BCUT2D eigenvalue weighted by atomic mass is 16.5. The van der Waals surface area contributed by atoms with Crippen molar-refractivity contribution >= 4 is 5.91 Å². The van der Waals surface area contributed by atoms with E-state index in [9.17, 15) is 4.79 Å². The topological polar surface area (TPSA) is 38.3 Å². The molecule has 3 heteroatoms. The number of carbonyl (C=O) groups is 1. The van der Waals surface area contributed by atoms with Gasteiger partial charge in [-0.2, -0.15) is 0 Å². The van der Waals surface area contributed by atoms with Crippen LogP contribution in [0.4, 0.5) is 0 Å². The predicted molar refractivity (Wildman–Crippen MR) is 79.7 cm³/mol. The fourth-order valence-corrected chi connectivity index (χ4v) is 2.07. The van der Waals surface area contributed by atoms with Gasteiger partial charge in [0.2, 0.25) is 5.91 Å². The number of hydrogen-bond acceptors (Lipinski definition) is 2. The molecule has 3 nitrogen and oxygen atoms in total. The molecule has 1 amide bonds. The molecular weight excluding hydrogens is 250 g/mol. The zero-order chi connectivity index (χ0) is 14.4. The minimum atomic E-state index is -0.0405. The van der Waals surface area contributed by atoms with Gasteiger partial charge in [0, 0.05) is 0 Å². The zero-order valence-electron chi connectivity index (χ0n) is 11.8. The highest BCUT2D eigenvalue weighted by molar-refractivity contribution is 5.79. The predicted octanol–water partition coefficient (Wildman–Crippen LogP) is 3.12. The lowest BCUT2D eigenvalue weighted by Crippen LogP contribution is -2.28. The van der Waals surface area contributed by atoms with Crippen molar-refractivity contribution < 1.29 is 9.53 Å². The van der Waals surface area contributed by atoms with E-state index >= 15 is 0 Å². The first kappa shape index (κ1) is 14.1. The maximum Gasteiger partial charge on any atom is 0.224 e. The number of methoxy groups -OCH3 is 1. The number of nitrogens with one attached hydrogen (secondary N) is 1. The highest BCUT2D eigenvalue weighted by Gasteiger charge is 2.10. The second-order valence-electron chi connectivity index (χ2n) is 4.73. The molecule has 1 N–H and O–H groups in total. The van der Waals surface area contributed by atoms with Gasteiger partial charge in [0.25, 0.3) is 0 Å². The summed E-state index contributed by atoms with van der Waals surface area (Å²) in [6, 6.07) is 17.4. The Bertz CT molecular complexity index is 566. The number of benzene rings is 2. The molecular formula is C17H19NO2. The van der Waals surface area contributed by atoms with Crippen LogP contribution in [0.5, 0.6) is 5.75 Å². The van der Waals surface area contributed by atoms with E-state index in [0.29, 0.717) is 6.42 Å². The first-order valence-electron chi connectivity index (χ1n) is 6.66. The average molecular weight is 269 g/mol. The Labute approximate surface area is 119 Å². The van der Waals surface area contributed by atoms with Crippen LogP contribution >= 0.6 is 0 Å². The summed E-state index contributed by atoms with van der Waals surface area (Å²) in [5.74, 6) is 0.818. The number of amides is 1. The van der Waals surface area contributed by atoms with Crippen LogP contribution in [0.3, 0.4) is 0 Å². The Morgan fingerprint density at radius 3 is 2.60 bits per heavy atom. The summed E-state index contributed by atoms with van der Waals surface area (Å²) in [6.07, 6.45) is 0.398. The van der Waals surface area contributed by atoms with E-state index in [1.54, 1.807) is 7.11 Å². The molecule has 0 aliphatic carbocycles. The van der Waals surface area contributed by atoms with E-state index < -0.39 is 0 Å². The number of ether oxygens (including phenoxy) is 1. The molecule has 2 aromatic carbocycles. The summed E-state index contributed by atoms with van der Waals surface area (Å²) in [7, 11) is 1.64. The van der Waals surface area contributed by atoms with Gasteiger partial charge in [-0.15, -0.1) is 0 Å². The summed E-state index contributed by atoms with van der Waals surface area (Å²) in [4.78, 5) is 12.0. The van der Waals surface area contributed by atoms with Crippen LogP contribution < -0.4 is 10.1 Å². The third-order valence-corrected chi connectivity index (χ3v) is 3.18. The first-order chi connectivity index (χ1) is 9.69. The minimum Gasteiger partial charge on any atom is -0.497 e. The Hall–Kier alpha value is -2.29. The van der Waals surface area contributed by atoms with Gasteiger partial charge in [-0.25, -0.2) is 0 Å². The molecule has 0 heterocycles. The lowest BCUT2D eigenvalue weighted by Gasteiger charge is -2.15. The molecule has 0 radical (unpaired) electrons. The van der Waals surface area contributed by atoms with Crippen LogP contribution in [0, 0.1) is 0 Å². The van der Waals surface area contributed by atoms with Crippen molar-refractivity contribution in [1.29, 1.82) is 0 Å². The molecule has 0 saturated heterocycles. The van der Waals surface area contributed by atoms with Crippen molar-refractivity contribution in [2.24, 2.45) is 0 Å². The van der Waals surface area contributed by atoms with Crippen LogP contribution in [0.15, 0.2) is 54.6 Å². The lowest BCUT2D eigenvalue weighted by atomic mass is 10.1. The second-order valence-corrected chi connectivity index (χ2v) is 4.73. The van der Waals surface area contributed by atoms with Gasteiger partial charge in [0.05, 0.1) is 19.6 Å². The van der Waals surface area contributed by atoms with E-state index in [4.69, 9.17) is 4.74 Å². The second kappa shape index (κ2) is 6.75. The van der Waals surface area contributed by atoms with Gasteiger partial charge in [-0.1, -0.05) is 42.5 Å². The van der Waals surface area contributed by atoms with E-state index in [-0.39, 0.29) is 11.9 Å². The van der Waals surface area contributed by atoms with Crippen LogP contribution in [0.1, 0.15) is 24.1 Å². The molecule has 0 aliphatic heterocycles. The molecule has 0 saturated carbocycles. The zero-order valence-corrected chi connectivity index (χ0v) is 11.8. The summed E-state index contributed by atoms with van der Waals surface area (Å²) in [5, 5.41) is 3.00. The average Bonchev–Trinajstić information content (AvgIpc) is 2.48. The first-order valence-corrected chi connectivity index (χ1v) is 6.66. The lowest BCUT2D eigenvalue weighted by molar-refractivity contribution is -0.121. The standard InChI is InChI=1S/C17H19NO2/c1-13(15-9-6-10-16(12-15)20-2)18-17(19)11-14-7-4-3-5-8-14/h3-10,12-13H,11H2,1-2H3,(H,18,19). The number of carbonyl (C=O) groups excluding carboxylic acids is 1.